The van der Waals surface area contributed by atoms with Crippen LogP contribution in [0.5, 0.6) is 0 Å². The average Bonchev–Trinajstić information content (AvgIpc) is 3.02. The predicted molar refractivity (Wildman–Crippen MR) is 99.5 cm³/mol. The highest BCUT2D eigenvalue weighted by molar-refractivity contribution is 6.33. The average molecular weight is 375 g/mol. The number of benzene rings is 2. The molecular formula is C20H20ClFN2O2. The van der Waals surface area contributed by atoms with Crippen molar-refractivity contribution in [3.05, 3.63) is 64.9 Å². The van der Waals surface area contributed by atoms with Gasteiger partial charge in [0.1, 0.15) is 5.82 Å². The Bertz CT molecular complexity index is 825. The number of amides is 2. The van der Waals surface area contributed by atoms with Crippen LogP contribution >= 0.6 is 11.6 Å². The molecule has 3 rings (SSSR count). The van der Waals surface area contributed by atoms with Gasteiger partial charge in [0.2, 0.25) is 11.8 Å². The number of hydrogen-bond acceptors (Lipinski definition) is 2. The molecule has 0 bridgehead atoms. The minimum Gasteiger partial charge on any atom is -0.339 e. The maximum Gasteiger partial charge on any atom is 0.228 e. The van der Waals surface area contributed by atoms with E-state index in [2.05, 4.69) is 0 Å². The zero-order chi connectivity index (χ0) is 18.8. The summed E-state index contributed by atoms with van der Waals surface area (Å²) in [6.07, 6.45) is 0.157. The Labute approximate surface area is 157 Å². The first-order chi connectivity index (χ1) is 12.4. The zero-order valence-electron chi connectivity index (χ0n) is 14.7. The van der Waals surface area contributed by atoms with Gasteiger partial charge >= 0.3 is 0 Å². The Morgan fingerprint density at radius 3 is 2.54 bits per heavy atom. The molecule has 1 heterocycles. The van der Waals surface area contributed by atoms with E-state index in [4.69, 9.17) is 11.6 Å². The molecular weight excluding hydrogens is 355 g/mol. The van der Waals surface area contributed by atoms with Crippen molar-refractivity contribution in [2.24, 2.45) is 5.92 Å². The molecule has 0 N–H and O–H groups in total. The molecule has 1 aliphatic rings. The van der Waals surface area contributed by atoms with Crippen LogP contribution in [-0.4, -0.2) is 30.3 Å². The highest BCUT2D eigenvalue weighted by Crippen LogP contribution is 2.32. The molecule has 0 saturated carbocycles. The van der Waals surface area contributed by atoms with Gasteiger partial charge in [-0.25, -0.2) is 4.39 Å². The summed E-state index contributed by atoms with van der Waals surface area (Å²) in [7, 11) is 1.71. The van der Waals surface area contributed by atoms with Crippen molar-refractivity contribution < 1.29 is 14.0 Å². The predicted octanol–water partition coefficient (Wildman–Crippen LogP) is 4.05. The Balaban J connectivity index is 1.73. The van der Waals surface area contributed by atoms with Crippen molar-refractivity contribution in [3.8, 4) is 0 Å². The molecule has 0 radical (unpaired) electrons. The fourth-order valence-electron chi connectivity index (χ4n) is 3.22. The van der Waals surface area contributed by atoms with Gasteiger partial charge in [0.15, 0.2) is 0 Å². The van der Waals surface area contributed by atoms with Gasteiger partial charge < -0.3 is 9.80 Å². The second-order valence-electron chi connectivity index (χ2n) is 6.53. The lowest BCUT2D eigenvalue weighted by molar-refractivity contribution is -0.136. The summed E-state index contributed by atoms with van der Waals surface area (Å²) in [5.41, 5.74) is 1.47. The van der Waals surface area contributed by atoms with Gasteiger partial charge in [-0.3, -0.25) is 9.59 Å². The highest BCUT2D eigenvalue weighted by atomic mass is 35.5. The number of carbonyl (C=O) groups excluding carboxylic acids is 2. The molecule has 136 valence electrons. The summed E-state index contributed by atoms with van der Waals surface area (Å²) >= 11 is 6.18. The Morgan fingerprint density at radius 1 is 1.23 bits per heavy atom. The van der Waals surface area contributed by atoms with Crippen LogP contribution in [0.3, 0.4) is 0 Å². The van der Waals surface area contributed by atoms with Crippen LogP contribution in [0, 0.1) is 11.7 Å². The second-order valence-corrected chi connectivity index (χ2v) is 6.94. The SMILES string of the molecule is CC(c1ccc(F)cc1)N(C)C(=O)C1CC(=O)N(c2ccccc2Cl)C1. The summed E-state index contributed by atoms with van der Waals surface area (Å²) in [6, 6.07) is 13.0. The molecule has 0 aromatic heterocycles. The fourth-order valence-corrected chi connectivity index (χ4v) is 3.46. The molecule has 1 fully saturated rings. The molecule has 2 aromatic rings. The van der Waals surface area contributed by atoms with Crippen LogP contribution in [0.15, 0.2) is 48.5 Å². The lowest BCUT2D eigenvalue weighted by Crippen LogP contribution is -2.36. The van der Waals surface area contributed by atoms with E-state index < -0.39 is 5.92 Å². The van der Waals surface area contributed by atoms with Crippen molar-refractivity contribution in [3.63, 3.8) is 0 Å². The summed E-state index contributed by atoms with van der Waals surface area (Å²) in [6.45, 7) is 2.19. The first-order valence-electron chi connectivity index (χ1n) is 8.45. The van der Waals surface area contributed by atoms with E-state index in [0.717, 1.165) is 5.56 Å². The maximum absolute atomic E-state index is 13.1. The third kappa shape index (κ3) is 3.58. The van der Waals surface area contributed by atoms with Gasteiger partial charge in [0.05, 0.1) is 22.7 Å². The number of hydrogen-bond donors (Lipinski definition) is 0. The van der Waals surface area contributed by atoms with E-state index >= 15 is 0 Å². The van der Waals surface area contributed by atoms with Crippen molar-refractivity contribution >= 4 is 29.1 Å². The second kappa shape index (κ2) is 7.46. The largest absolute Gasteiger partial charge is 0.339 e. The molecule has 2 unspecified atom stereocenters. The highest BCUT2D eigenvalue weighted by Gasteiger charge is 2.38. The first-order valence-corrected chi connectivity index (χ1v) is 8.83. The quantitative estimate of drug-likeness (QED) is 0.810. The van der Waals surface area contributed by atoms with Gasteiger partial charge in [-0.15, -0.1) is 0 Å². The molecule has 6 heteroatoms. The third-order valence-corrected chi connectivity index (χ3v) is 5.22. The number of para-hydroxylation sites is 1. The van der Waals surface area contributed by atoms with Crippen molar-refractivity contribution in [2.45, 2.75) is 19.4 Å². The number of nitrogens with zero attached hydrogens (tertiary/aromatic N) is 2. The summed E-state index contributed by atoms with van der Waals surface area (Å²) < 4.78 is 13.1. The van der Waals surface area contributed by atoms with E-state index in [1.807, 2.05) is 13.0 Å². The van der Waals surface area contributed by atoms with Crippen LogP contribution in [0.25, 0.3) is 0 Å². The normalized spacial score (nSPS) is 18.1. The fraction of sp³-hybridized carbons (Fsp3) is 0.300. The smallest absolute Gasteiger partial charge is 0.228 e. The van der Waals surface area contributed by atoms with Crippen LogP contribution in [0.4, 0.5) is 10.1 Å². The standard InChI is InChI=1S/C20H20ClFN2O2/c1-13(14-7-9-16(22)10-8-14)23(2)20(26)15-11-19(25)24(12-15)18-6-4-3-5-17(18)21/h3-10,13,15H,11-12H2,1-2H3. The number of carbonyl (C=O) groups is 2. The van der Waals surface area contributed by atoms with Crippen LogP contribution in [0.1, 0.15) is 24.9 Å². The number of anilines is 1. The van der Waals surface area contributed by atoms with Gasteiger partial charge in [-0.2, -0.15) is 0 Å². The molecule has 0 spiro atoms. The third-order valence-electron chi connectivity index (χ3n) is 4.90. The molecule has 26 heavy (non-hydrogen) atoms. The van der Waals surface area contributed by atoms with Gasteiger partial charge in [-0.05, 0) is 36.8 Å². The molecule has 2 aromatic carbocycles. The first kappa shape index (κ1) is 18.4. The van der Waals surface area contributed by atoms with E-state index in [9.17, 15) is 14.0 Å². The molecule has 2 atom stereocenters. The topological polar surface area (TPSA) is 40.6 Å². The summed E-state index contributed by atoms with van der Waals surface area (Å²) in [5.74, 6) is -0.956. The number of rotatable bonds is 4. The van der Waals surface area contributed by atoms with Crippen molar-refractivity contribution in [2.75, 3.05) is 18.5 Å². The minimum atomic E-state index is -0.424. The van der Waals surface area contributed by atoms with Crippen molar-refractivity contribution in [1.82, 2.24) is 4.90 Å². The van der Waals surface area contributed by atoms with E-state index in [-0.39, 0.29) is 30.1 Å². The summed E-state index contributed by atoms with van der Waals surface area (Å²) in [5, 5.41) is 0.488. The molecule has 4 nitrogen and oxygen atoms in total. The van der Waals surface area contributed by atoms with Crippen LogP contribution in [0.2, 0.25) is 5.02 Å². The van der Waals surface area contributed by atoms with Gasteiger partial charge in [-0.1, -0.05) is 35.9 Å². The molecule has 2 amide bonds. The lowest BCUT2D eigenvalue weighted by atomic mass is 10.0. The zero-order valence-corrected chi connectivity index (χ0v) is 15.4. The molecule has 1 saturated heterocycles. The van der Waals surface area contributed by atoms with Crippen LogP contribution < -0.4 is 4.90 Å². The molecule has 1 aliphatic heterocycles. The van der Waals surface area contributed by atoms with Gasteiger partial charge in [0, 0.05) is 20.0 Å². The Morgan fingerprint density at radius 2 is 1.88 bits per heavy atom. The van der Waals surface area contributed by atoms with E-state index in [0.29, 0.717) is 17.3 Å². The van der Waals surface area contributed by atoms with Crippen LogP contribution in [-0.2, 0) is 9.59 Å². The number of halogens is 2. The Hall–Kier alpha value is -2.40. The van der Waals surface area contributed by atoms with E-state index in [1.54, 1.807) is 47.2 Å². The molecule has 0 aliphatic carbocycles. The monoisotopic (exact) mass is 374 g/mol. The van der Waals surface area contributed by atoms with Gasteiger partial charge in [0.25, 0.3) is 0 Å². The maximum atomic E-state index is 13.1. The summed E-state index contributed by atoms with van der Waals surface area (Å²) in [4.78, 5) is 28.5. The van der Waals surface area contributed by atoms with Crippen molar-refractivity contribution in [1.29, 1.82) is 0 Å². The lowest BCUT2D eigenvalue weighted by Gasteiger charge is -2.28. The Kier molecular flexibility index (Phi) is 5.28. The minimum absolute atomic E-state index is 0.107. The van der Waals surface area contributed by atoms with E-state index in [1.165, 1.54) is 12.1 Å².